The van der Waals surface area contributed by atoms with Gasteiger partial charge in [0.05, 0.1) is 24.1 Å². The van der Waals surface area contributed by atoms with Gasteiger partial charge < -0.3 is 14.4 Å². The Morgan fingerprint density at radius 3 is 2.67 bits per heavy atom. The second-order valence-corrected chi connectivity index (χ2v) is 8.74. The van der Waals surface area contributed by atoms with Crippen molar-refractivity contribution in [1.82, 2.24) is 29.5 Å². The van der Waals surface area contributed by atoms with E-state index in [-0.39, 0.29) is 29.6 Å². The monoisotopic (exact) mass is 356 g/mol. The Bertz CT molecular complexity index is 716. The Kier molecular flexibility index (Phi) is 4.52. The van der Waals surface area contributed by atoms with E-state index in [2.05, 4.69) is 15.1 Å². The molecule has 0 spiro atoms. The van der Waals surface area contributed by atoms with Crippen molar-refractivity contribution in [2.24, 2.45) is 0 Å². The van der Waals surface area contributed by atoms with Gasteiger partial charge in [0.1, 0.15) is 12.2 Å². The Morgan fingerprint density at radius 2 is 2.00 bits per heavy atom. The molecule has 2 unspecified atom stereocenters. The maximum Gasteiger partial charge on any atom is 0.319 e. The Labute approximate surface area is 142 Å². The zero-order valence-electron chi connectivity index (χ0n) is 14.3. The zero-order chi connectivity index (χ0) is 17.5. The fourth-order valence-corrected chi connectivity index (χ4v) is 5.57. The molecule has 2 aliphatic rings. The van der Waals surface area contributed by atoms with Gasteiger partial charge in [-0.2, -0.15) is 0 Å². The number of hydrogen-bond donors (Lipinski definition) is 0. The molecule has 1 aromatic rings. The number of nitrogens with zero attached hydrogens (tertiary/aromatic N) is 6. The second kappa shape index (κ2) is 6.32. The van der Waals surface area contributed by atoms with Crippen LogP contribution in [-0.4, -0.2) is 94.7 Å². The first kappa shape index (κ1) is 17.2. The molecule has 9 nitrogen and oxygen atoms in total. The summed E-state index contributed by atoms with van der Waals surface area (Å²) in [6.07, 6.45) is 1.68. The van der Waals surface area contributed by atoms with Crippen molar-refractivity contribution >= 4 is 15.9 Å². The number of aromatic nitrogens is 3. The molecule has 0 radical (unpaired) electrons. The minimum atomic E-state index is -3.15. The van der Waals surface area contributed by atoms with Crippen molar-refractivity contribution in [3.8, 4) is 0 Å². The van der Waals surface area contributed by atoms with Crippen LogP contribution in [0.25, 0.3) is 0 Å². The third kappa shape index (κ3) is 3.12. The largest absolute Gasteiger partial charge is 0.331 e. The minimum Gasteiger partial charge on any atom is -0.331 e. The number of urea groups is 1. The van der Waals surface area contributed by atoms with Gasteiger partial charge in [-0.15, -0.1) is 10.2 Å². The highest BCUT2D eigenvalue weighted by Gasteiger charge is 2.48. The first-order valence-electron chi connectivity index (χ1n) is 8.11. The molecule has 0 bridgehead atoms. The van der Waals surface area contributed by atoms with E-state index in [0.29, 0.717) is 19.6 Å². The summed E-state index contributed by atoms with van der Waals surface area (Å²) in [6, 6.07) is -0.607. The first-order chi connectivity index (χ1) is 11.3. The lowest BCUT2D eigenvalue weighted by Gasteiger charge is -2.44. The SMILES string of the molecule is CCn1cnnc1CN1CCN(C(=O)N(C)C)C2CS(=O)(=O)CC21. The molecule has 2 saturated heterocycles. The average molecular weight is 356 g/mol. The van der Waals surface area contributed by atoms with Crippen LogP contribution in [0.4, 0.5) is 4.79 Å². The van der Waals surface area contributed by atoms with Crippen molar-refractivity contribution < 1.29 is 13.2 Å². The number of amides is 2. The van der Waals surface area contributed by atoms with Crippen molar-refractivity contribution in [2.75, 3.05) is 38.7 Å². The van der Waals surface area contributed by atoms with E-state index in [1.54, 1.807) is 25.3 Å². The molecular formula is C14H24N6O3S. The van der Waals surface area contributed by atoms with Gasteiger partial charge in [0.2, 0.25) is 0 Å². The third-order valence-electron chi connectivity index (χ3n) is 4.80. The molecule has 2 atom stereocenters. The average Bonchev–Trinajstić information content (AvgIpc) is 3.09. The van der Waals surface area contributed by atoms with E-state index in [1.165, 1.54) is 4.90 Å². The number of fused-ring (bicyclic) bond motifs is 1. The van der Waals surface area contributed by atoms with Gasteiger partial charge in [-0.05, 0) is 6.92 Å². The van der Waals surface area contributed by atoms with Crippen LogP contribution < -0.4 is 0 Å². The summed E-state index contributed by atoms with van der Waals surface area (Å²) in [5.41, 5.74) is 0. The molecule has 134 valence electrons. The summed E-state index contributed by atoms with van der Waals surface area (Å²) in [7, 11) is 0.237. The lowest BCUT2D eigenvalue weighted by atomic mass is 10.1. The highest BCUT2D eigenvalue weighted by molar-refractivity contribution is 7.91. The number of carbonyl (C=O) groups excluding carboxylic acids is 1. The van der Waals surface area contributed by atoms with Crippen LogP contribution in [-0.2, 0) is 22.9 Å². The maximum absolute atomic E-state index is 12.4. The van der Waals surface area contributed by atoms with Crippen molar-refractivity contribution in [3.63, 3.8) is 0 Å². The van der Waals surface area contributed by atoms with Crippen molar-refractivity contribution in [3.05, 3.63) is 12.2 Å². The fraction of sp³-hybridized carbons (Fsp3) is 0.786. The standard InChI is InChI=1S/C14H24N6O3S/c1-4-18-10-15-16-13(18)7-19-5-6-20(14(21)17(2)3)12-9-24(22,23)8-11(12)19/h10-12H,4-9H2,1-3H3. The summed E-state index contributed by atoms with van der Waals surface area (Å²) in [5, 5.41) is 8.08. The van der Waals surface area contributed by atoms with Crippen LogP contribution in [0, 0.1) is 0 Å². The van der Waals surface area contributed by atoms with E-state index in [1.807, 2.05) is 11.5 Å². The number of aryl methyl sites for hydroxylation is 1. The van der Waals surface area contributed by atoms with Gasteiger partial charge in [-0.3, -0.25) is 4.90 Å². The molecule has 3 rings (SSSR count). The quantitative estimate of drug-likeness (QED) is 0.709. The zero-order valence-corrected chi connectivity index (χ0v) is 15.1. The van der Waals surface area contributed by atoms with E-state index >= 15 is 0 Å². The maximum atomic E-state index is 12.4. The summed E-state index contributed by atoms with van der Waals surface area (Å²) in [5.74, 6) is 0.955. The molecule has 2 fully saturated rings. The normalized spacial score (nSPS) is 26.4. The van der Waals surface area contributed by atoms with Gasteiger partial charge in [0, 0.05) is 39.8 Å². The summed E-state index contributed by atoms with van der Waals surface area (Å²) < 4.78 is 26.3. The molecule has 0 N–H and O–H groups in total. The van der Waals surface area contributed by atoms with E-state index < -0.39 is 9.84 Å². The van der Waals surface area contributed by atoms with Gasteiger partial charge in [0.25, 0.3) is 0 Å². The van der Waals surface area contributed by atoms with Gasteiger partial charge >= 0.3 is 6.03 Å². The van der Waals surface area contributed by atoms with Gasteiger partial charge in [-0.1, -0.05) is 0 Å². The van der Waals surface area contributed by atoms with Gasteiger partial charge in [-0.25, -0.2) is 13.2 Å². The van der Waals surface area contributed by atoms with Gasteiger partial charge in [0.15, 0.2) is 9.84 Å². The third-order valence-corrected chi connectivity index (χ3v) is 6.50. The number of hydrogen-bond acceptors (Lipinski definition) is 6. The fourth-order valence-electron chi connectivity index (χ4n) is 3.56. The molecule has 0 aromatic carbocycles. The highest BCUT2D eigenvalue weighted by atomic mass is 32.2. The van der Waals surface area contributed by atoms with Crippen LogP contribution in [0.2, 0.25) is 0 Å². The number of sulfone groups is 1. The van der Waals surface area contributed by atoms with E-state index in [0.717, 1.165) is 12.4 Å². The Balaban J connectivity index is 1.83. The molecular weight excluding hydrogens is 332 g/mol. The first-order valence-corrected chi connectivity index (χ1v) is 9.93. The minimum absolute atomic E-state index is 0.0359. The Hall–Kier alpha value is -1.68. The number of carbonyl (C=O) groups is 1. The predicted molar refractivity (Wildman–Crippen MR) is 88.1 cm³/mol. The lowest BCUT2D eigenvalue weighted by Crippen LogP contribution is -2.61. The van der Waals surface area contributed by atoms with E-state index in [4.69, 9.17) is 0 Å². The number of rotatable bonds is 3. The molecule has 0 saturated carbocycles. The Morgan fingerprint density at radius 1 is 1.29 bits per heavy atom. The highest BCUT2D eigenvalue weighted by Crippen LogP contribution is 2.28. The lowest BCUT2D eigenvalue weighted by molar-refractivity contribution is 0.0499. The second-order valence-electron chi connectivity index (χ2n) is 6.59. The van der Waals surface area contributed by atoms with Crippen LogP contribution in [0.1, 0.15) is 12.7 Å². The molecule has 1 aromatic heterocycles. The van der Waals surface area contributed by atoms with Crippen LogP contribution in [0.3, 0.4) is 0 Å². The molecule has 10 heteroatoms. The predicted octanol–water partition coefficient (Wildman–Crippen LogP) is -0.737. The summed E-state index contributed by atoms with van der Waals surface area (Å²) in [6.45, 7) is 4.49. The smallest absolute Gasteiger partial charge is 0.319 e. The molecule has 24 heavy (non-hydrogen) atoms. The summed E-state index contributed by atoms with van der Waals surface area (Å²) in [4.78, 5) is 17.7. The summed E-state index contributed by atoms with van der Waals surface area (Å²) >= 11 is 0. The van der Waals surface area contributed by atoms with Crippen LogP contribution >= 0.6 is 0 Å². The van der Waals surface area contributed by atoms with Crippen molar-refractivity contribution in [2.45, 2.75) is 32.1 Å². The molecule has 2 amide bonds. The topological polar surface area (TPSA) is 91.6 Å². The molecule has 2 aliphatic heterocycles. The molecule has 0 aliphatic carbocycles. The van der Waals surface area contributed by atoms with E-state index in [9.17, 15) is 13.2 Å². The number of piperazine rings is 1. The van der Waals surface area contributed by atoms with Crippen molar-refractivity contribution in [1.29, 1.82) is 0 Å². The molecule has 3 heterocycles. The van der Waals surface area contributed by atoms with Crippen LogP contribution in [0.5, 0.6) is 0 Å². The van der Waals surface area contributed by atoms with Crippen LogP contribution in [0.15, 0.2) is 6.33 Å².